The Morgan fingerprint density at radius 2 is 2.12 bits per heavy atom. The second-order valence-electron chi connectivity index (χ2n) is 4.58. The molecule has 2 rings (SSSR count). The molecular formula is C10H16N6. The molecule has 0 aliphatic heterocycles. The van der Waals surface area contributed by atoms with Gasteiger partial charge in [0, 0.05) is 12.1 Å². The van der Waals surface area contributed by atoms with E-state index in [1.54, 1.807) is 4.52 Å². The molecule has 0 fully saturated rings. The van der Waals surface area contributed by atoms with Crippen molar-refractivity contribution in [2.45, 2.75) is 26.3 Å². The number of fused-ring (bicyclic) bond motifs is 1. The highest BCUT2D eigenvalue weighted by atomic mass is 15.4. The summed E-state index contributed by atoms with van der Waals surface area (Å²) < 4.78 is 1.70. The van der Waals surface area contributed by atoms with Gasteiger partial charge in [-0.15, -0.1) is 15.3 Å². The molecule has 0 aromatic carbocycles. The van der Waals surface area contributed by atoms with Crippen LogP contribution >= 0.6 is 0 Å². The first-order chi connectivity index (χ1) is 7.46. The van der Waals surface area contributed by atoms with Crippen molar-refractivity contribution in [2.24, 2.45) is 5.73 Å². The summed E-state index contributed by atoms with van der Waals surface area (Å²) in [5, 5.41) is 15.5. The van der Waals surface area contributed by atoms with Crippen LogP contribution in [0.25, 0.3) is 5.65 Å². The molecule has 2 heterocycles. The molecule has 2 aromatic heterocycles. The Bertz CT molecular complexity index is 495. The Morgan fingerprint density at radius 1 is 1.38 bits per heavy atom. The number of aryl methyl sites for hydroxylation is 1. The molecule has 6 heteroatoms. The van der Waals surface area contributed by atoms with Crippen LogP contribution in [0, 0.1) is 6.92 Å². The lowest BCUT2D eigenvalue weighted by Crippen LogP contribution is -2.39. The molecule has 0 aliphatic carbocycles. The number of hydrogen-bond donors (Lipinski definition) is 2. The minimum Gasteiger partial charge on any atom is -0.367 e. The Kier molecular flexibility index (Phi) is 2.51. The fourth-order valence-corrected chi connectivity index (χ4v) is 1.31. The van der Waals surface area contributed by atoms with Gasteiger partial charge in [-0.25, -0.2) is 0 Å². The Morgan fingerprint density at radius 3 is 2.81 bits per heavy atom. The number of anilines is 1. The van der Waals surface area contributed by atoms with Crippen LogP contribution in [0.1, 0.15) is 19.7 Å². The highest BCUT2D eigenvalue weighted by Gasteiger charge is 2.10. The summed E-state index contributed by atoms with van der Waals surface area (Å²) in [6.07, 6.45) is 0. The quantitative estimate of drug-likeness (QED) is 0.791. The van der Waals surface area contributed by atoms with Crippen LogP contribution in [0.4, 0.5) is 5.82 Å². The predicted octanol–water partition coefficient (Wildman–Crippen LogP) is 0.582. The molecule has 0 saturated carbocycles. The van der Waals surface area contributed by atoms with E-state index in [1.165, 1.54) is 0 Å². The van der Waals surface area contributed by atoms with Crippen LogP contribution < -0.4 is 11.1 Å². The van der Waals surface area contributed by atoms with Gasteiger partial charge in [-0.05, 0) is 32.9 Å². The van der Waals surface area contributed by atoms with Gasteiger partial charge in [0.2, 0.25) is 0 Å². The molecule has 2 aromatic rings. The fourth-order valence-electron chi connectivity index (χ4n) is 1.31. The van der Waals surface area contributed by atoms with E-state index in [9.17, 15) is 0 Å². The van der Waals surface area contributed by atoms with Crippen molar-refractivity contribution in [1.82, 2.24) is 19.8 Å². The van der Waals surface area contributed by atoms with Crippen LogP contribution in [0.5, 0.6) is 0 Å². The van der Waals surface area contributed by atoms with E-state index >= 15 is 0 Å². The van der Waals surface area contributed by atoms with E-state index < -0.39 is 0 Å². The second kappa shape index (κ2) is 3.71. The summed E-state index contributed by atoms with van der Waals surface area (Å²) in [7, 11) is 0. The zero-order valence-electron chi connectivity index (χ0n) is 9.73. The zero-order chi connectivity index (χ0) is 11.8. The first kappa shape index (κ1) is 10.8. The maximum absolute atomic E-state index is 5.88. The summed E-state index contributed by atoms with van der Waals surface area (Å²) in [6.45, 7) is 6.45. The van der Waals surface area contributed by atoms with Crippen molar-refractivity contribution in [1.29, 1.82) is 0 Å². The van der Waals surface area contributed by atoms with Gasteiger partial charge in [0.25, 0.3) is 0 Å². The van der Waals surface area contributed by atoms with Crippen LogP contribution in [0.15, 0.2) is 12.1 Å². The molecular weight excluding hydrogens is 204 g/mol. The number of nitrogens with zero attached hydrogens (tertiary/aromatic N) is 4. The van der Waals surface area contributed by atoms with E-state index in [1.807, 2.05) is 32.9 Å². The summed E-state index contributed by atoms with van der Waals surface area (Å²) in [5.74, 6) is 1.54. The molecule has 16 heavy (non-hydrogen) atoms. The van der Waals surface area contributed by atoms with Crippen molar-refractivity contribution in [3.8, 4) is 0 Å². The van der Waals surface area contributed by atoms with Gasteiger partial charge in [0.15, 0.2) is 11.5 Å². The van der Waals surface area contributed by atoms with Crippen LogP contribution in [-0.2, 0) is 0 Å². The Balaban J connectivity index is 2.22. The third-order valence-corrected chi connectivity index (χ3v) is 2.14. The second-order valence-corrected chi connectivity index (χ2v) is 4.58. The van der Waals surface area contributed by atoms with Gasteiger partial charge in [-0.3, -0.25) is 0 Å². The average molecular weight is 220 g/mol. The minimum atomic E-state index is -0.265. The Hall–Kier alpha value is -1.69. The van der Waals surface area contributed by atoms with Crippen molar-refractivity contribution in [2.75, 3.05) is 11.9 Å². The lowest BCUT2D eigenvalue weighted by Gasteiger charge is -2.19. The summed E-state index contributed by atoms with van der Waals surface area (Å²) >= 11 is 0. The van der Waals surface area contributed by atoms with Crippen molar-refractivity contribution >= 4 is 11.5 Å². The van der Waals surface area contributed by atoms with Gasteiger partial charge in [0.1, 0.15) is 5.82 Å². The number of nitrogens with one attached hydrogen (secondary N) is 1. The van der Waals surface area contributed by atoms with Gasteiger partial charge < -0.3 is 11.1 Å². The predicted molar refractivity (Wildman–Crippen MR) is 62.3 cm³/mol. The third kappa shape index (κ3) is 2.27. The van der Waals surface area contributed by atoms with E-state index in [2.05, 4.69) is 20.6 Å². The van der Waals surface area contributed by atoms with Crippen molar-refractivity contribution in [3.05, 3.63) is 18.0 Å². The lowest BCUT2D eigenvalue weighted by atomic mass is 10.1. The standard InChI is InChI=1S/C10H16N6/c1-7-13-14-9-5-4-8(15-16(7)9)12-6-10(2,3)11/h4-5H,6,11H2,1-3H3,(H,12,15). The summed E-state index contributed by atoms with van der Waals surface area (Å²) in [6, 6.07) is 3.74. The van der Waals surface area contributed by atoms with Crippen LogP contribution in [0.2, 0.25) is 0 Å². The largest absolute Gasteiger partial charge is 0.367 e. The highest BCUT2D eigenvalue weighted by Crippen LogP contribution is 2.07. The van der Waals surface area contributed by atoms with Crippen molar-refractivity contribution in [3.63, 3.8) is 0 Å². The molecule has 0 aliphatic rings. The van der Waals surface area contributed by atoms with E-state index in [0.29, 0.717) is 6.54 Å². The molecule has 0 saturated heterocycles. The molecule has 6 nitrogen and oxygen atoms in total. The molecule has 0 unspecified atom stereocenters. The highest BCUT2D eigenvalue weighted by molar-refractivity contribution is 5.43. The van der Waals surface area contributed by atoms with E-state index in [-0.39, 0.29) is 5.54 Å². The SMILES string of the molecule is Cc1nnc2ccc(NCC(C)(C)N)nn12. The Labute approximate surface area is 93.9 Å². The van der Waals surface area contributed by atoms with Crippen LogP contribution in [0.3, 0.4) is 0 Å². The van der Waals surface area contributed by atoms with Gasteiger partial charge in [-0.1, -0.05) is 0 Å². The van der Waals surface area contributed by atoms with Gasteiger partial charge in [0.05, 0.1) is 0 Å². The first-order valence-electron chi connectivity index (χ1n) is 5.17. The number of nitrogens with two attached hydrogens (primary N) is 1. The van der Waals surface area contributed by atoms with Gasteiger partial charge in [-0.2, -0.15) is 4.52 Å². The fraction of sp³-hybridized carbons (Fsp3) is 0.500. The first-order valence-corrected chi connectivity index (χ1v) is 5.17. The van der Waals surface area contributed by atoms with Crippen LogP contribution in [-0.4, -0.2) is 31.9 Å². The molecule has 0 atom stereocenters. The molecule has 0 spiro atoms. The molecule has 86 valence electrons. The number of hydrogen-bond acceptors (Lipinski definition) is 5. The monoisotopic (exact) mass is 220 g/mol. The minimum absolute atomic E-state index is 0.265. The lowest BCUT2D eigenvalue weighted by molar-refractivity contribution is 0.548. The number of aromatic nitrogens is 4. The molecule has 0 amide bonds. The van der Waals surface area contributed by atoms with Crippen molar-refractivity contribution < 1.29 is 0 Å². The smallest absolute Gasteiger partial charge is 0.178 e. The zero-order valence-corrected chi connectivity index (χ0v) is 9.73. The maximum Gasteiger partial charge on any atom is 0.178 e. The summed E-state index contributed by atoms with van der Waals surface area (Å²) in [4.78, 5) is 0. The number of rotatable bonds is 3. The molecule has 3 N–H and O–H groups in total. The molecule has 0 bridgehead atoms. The maximum atomic E-state index is 5.88. The van der Waals surface area contributed by atoms with E-state index in [4.69, 9.17) is 5.73 Å². The van der Waals surface area contributed by atoms with Gasteiger partial charge >= 0.3 is 0 Å². The normalized spacial score (nSPS) is 12.0. The third-order valence-electron chi connectivity index (χ3n) is 2.14. The summed E-state index contributed by atoms with van der Waals surface area (Å²) in [5.41, 5.74) is 6.36. The topological polar surface area (TPSA) is 81.1 Å². The van der Waals surface area contributed by atoms with E-state index in [0.717, 1.165) is 17.3 Å². The molecule has 0 radical (unpaired) electrons. The average Bonchev–Trinajstić information content (AvgIpc) is 2.56.